The first-order chi connectivity index (χ1) is 11.6. The van der Waals surface area contributed by atoms with Gasteiger partial charge in [-0.15, -0.1) is 0 Å². The van der Waals surface area contributed by atoms with Crippen LogP contribution in [-0.2, 0) is 0 Å². The maximum Gasteiger partial charge on any atom is 0.319 e. The molecule has 0 bridgehead atoms. The van der Waals surface area contributed by atoms with E-state index in [4.69, 9.17) is 4.42 Å². The Morgan fingerprint density at radius 2 is 1.83 bits per heavy atom. The number of anilines is 1. The first-order valence-corrected chi connectivity index (χ1v) is 8.07. The second-order valence-corrected chi connectivity index (χ2v) is 6.04. The van der Waals surface area contributed by atoms with Gasteiger partial charge in [0.2, 0.25) is 0 Å². The van der Waals surface area contributed by atoms with Crippen LogP contribution in [-0.4, -0.2) is 36.0 Å². The van der Waals surface area contributed by atoms with E-state index < -0.39 is 0 Å². The Hall–Kier alpha value is -2.76. The summed E-state index contributed by atoms with van der Waals surface area (Å²) >= 11 is 0. The molecular weight excluding hydrogens is 306 g/mol. The number of nitrogens with zero attached hydrogens (tertiary/aromatic N) is 1. The molecule has 1 fully saturated rings. The maximum atomic E-state index is 12.2. The van der Waals surface area contributed by atoms with Gasteiger partial charge in [0.05, 0.1) is 11.8 Å². The minimum absolute atomic E-state index is 0.0219. The summed E-state index contributed by atoms with van der Waals surface area (Å²) in [7, 11) is 0. The summed E-state index contributed by atoms with van der Waals surface area (Å²) in [4.78, 5) is 26.1. The third-order valence-corrected chi connectivity index (χ3v) is 4.19. The van der Waals surface area contributed by atoms with Crippen LogP contribution in [0.4, 0.5) is 10.5 Å². The maximum absolute atomic E-state index is 12.2. The predicted octanol–water partition coefficient (Wildman–Crippen LogP) is 3.01. The molecule has 6 heteroatoms. The second-order valence-electron chi connectivity index (χ2n) is 6.04. The number of urea groups is 1. The molecule has 126 valence electrons. The van der Waals surface area contributed by atoms with Gasteiger partial charge in [-0.25, -0.2) is 4.79 Å². The number of aryl methyl sites for hydroxylation is 1. The Morgan fingerprint density at radius 1 is 1.12 bits per heavy atom. The fourth-order valence-corrected chi connectivity index (χ4v) is 2.79. The number of nitrogens with one attached hydrogen (secondary N) is 2. The SMILES string of the molecule is Cc1ccc(NC(=O)NC2CCN(C(=O)c3ccoc3)CC2)cc1. The summed E-state index contributed by atoms with van der Waals surface area (Å²) in [6, 6.07) is 9.19. The lowest BCUT2D eigenvalue weighted by atomic mass is 10.0. The fraction of sp³-hybridized carbons (Fsp3) is 0.333. The Kier molecular flexibility index (Phi) is 4.84. The van der Waals surface area contributed by atoms with Crippen LogP contribution < -0.4 is 10.6 Å². The van der Waals surface area contributed by atoms with Crippen LogP contribution in [0.3, 0.4) is 0 Å². The highest BCUT2D eigenvalue weighted by atomic mass is 16.3. The standard InChI is InChI=1S/C18H21N3O3/c1-13-2-4-15(5-3-13)19-18(23)20-16-6-9-21(10-7-16)17(22)14-8-11-24-12-14/h2-5,8,11-12,16H,6-7,9-10H2,1H3,(H2,19,20,23). The van der Waals surface area contributed by atoms with Crippen molar-refractivity contribution in [3.05, 3.63) is 54.0 Å². The number of hydrogen-bond acceptors (Lipinski definition) is 3. The summed E-state index contributed by atoms with van der Waals surface area (Å²) in [6.07, 6.45) is 4.44. The lowest BCUT2D eigenvalue weighted by Gasteiger charge is -2.32. The predicted molar refractivity (Wildman–Crippen MR) is 91.0 cm³/mol. The summed E-state index contributed by atoms with van der Waals surface area (Å²) < 4.78 is 4.95. The van der Waals surface area contributed by atoms with E-state index in [2.05, 4.69) is 10.6 Å². The zero-order chi connectivity index (χ0) is 16.9. The summed E-state index contributed by atoms with van der Waals surface area (Å²) in [6.45, 7) is 3.25. The molecule has 3 amide bonds. The van der Waals surface area contributed by atoms with Gasteiger partial charge in [-0.1, -0.05) is 17.7 Å². The molecule has 2 N–H and O–H groups in total. The van der Waals surface area contributed by atoms with Crippen molar-refractivity contribution in [3.63, 3.8) is 0 Å². The average Bonchev–Trinajstić information content (AvgIpc) is 3.11. The molecule has 0 atom stereocenters. The third-order valence-electron chi connectivity index (χ3n) is 4.19. The van der Waals surface area contributed by atoms with Gasteiger partial charge in [-0.2, -0.15) is 0 Å². The second kappa shape index (κ2) is 7.21. The van der Waals surface area contributed by atoms with Crippen molar-refractivity contribution >= 4 is 17.6 Å². The first kappa shape index (κ1) is 16.1. The molecule has 3 rings (SSSR count). The molecule has 1 aromatic heterocycles. The smallest absolute Gasteiger partial charge is 0.319 e. The molecule has 6 nitrogen and oxygen atoms in total. The van der Waals surface area contributed by atoms with Crippen LogP contribution in [0.2, 0.25) is 0 Å². The van der Waals surface area contributed by atoms with Crippen molar-refractivity contribution in [2.45, 2.75) is 25.8 Å². The Morgan fingerprint density at radius 3 is 2.46 bits per heavy atom. The normalized spacial score (nSPS) is 15.1. The Labute approximate surface area is 140 Å². The van der Waals surface area contributed by atoms with Gasteiger partial charge < -0.3 is 20.0 Å². The van der Waals surface area contributed by atoms with Gasteiger partial charge in [0, 0.05) is 24.8 Å². The van der Waals surface area contributed by atoms with E-state index in [-0.39, 0.29) is 18.0 Å². The fourth-order valence-electron chi connectivity index (χ4n) is 2.79. The van der Waals surface area contributed by atoms with E-state index in [1.807, 2.05) is 31.2 Å². The third kappa shape index (κ3) is 3.95. The van der Waals surface area contributed by atoms with Gasteiger partial charge in [0.25, 0.3) is 5.91 Å². The van der Waals surface area contributed by atoms with Crippen LogP contribution in [0.5, 0.6) is 0 Å². The number of carbonyl (C=O) groups excluding carboxylic acids is 2. The number of amides is 3. The first-order valence-electron chi connectivity index (χ1n) is 8.07. The molecule has 1 aromatic carbocycles. The highest BCUT2D eigenvalue weighted by Gasteiger charge is 2.25. The van der Waals surface area contributed by atoms with Gasteiger partial charge in [-0.3, -0.25) is 4.79 Å². The molecule has 0 spiro atoms. The number of benzene rings is 1. The molecule has 0 unspecified atom stereocenters. The molecule has 0 saturated carbocycles. The molecular formula is C18H21N3O3. The molecule has 2 aromatic rings. The lowest BCUT2D eigenvalue weighted by molar-refractivity contribution is 0.0708. The zero-order valence-corrected chi connectivity index (χ0v) is 13.6. The van der Waals surface area contributed by atoms with Crippen molar-refractivity contribution in [1.82, 2.24) is 10.2 Å². The van der Waals surface area contributed by atoms with Crippen LogP contribution in [0.1, 0.15) is 28.8 Å². The van der Waals surface area contributed by atoms with Gasteiger partial charge in [-0.05, 0) is 38.0 Å². The van der Waals surface area contributed by atoms with Crippen LogP contribution in [0, 0.1) is 6.92 Å². The molecule has 1 aliphatic heterocycles. The van der Waals surface area contributed by atoms with E-state index in [0.717, 1.165) is 24.1 Å². The molecule has 0 aliphatic carbocycles. The monoisotopic (exact) mass is 327 g/mol. The van der Waals surface area contributed by atoms with E-state index in [1.54, 1.807) is 11.0 Å². The van der Waals surface area contributed by atoms with Gasteiger partial charge >= 0.3 is 6.03 Å². The molecule has 0 radical (unpaired) electrons. The largest absolute Gasteiger partial charge is 0.472 e. The van der Waals surface area contributed by atoms with E-state index >= 15 is 0 Å². The topological polar surface area (TPSA) is 74.6 Å². The van der Waals surface area contributed by atoms with E-state index in [9.17, 15) is 9.59 Å². The molecule has 24 heavy (non-hydrogen) atoms. The Bertz CT molecular complexity index is 687. The molecule has 2 heterocycles. The van der Waals surface area contributed by atoms with Crippen LogP contribution in [0.25, 0.3) is 0 Å². The summed E-state index contributed by atoms with van der Waals surface area (Å²) in [5, 5.41) is 5.80. The quantitative estimate of drug-likeness (QED) is 0.910. The lowest BCUT2D eigenvalue weighted by Crippen LogP contribution is -2.47. The number of rotatable bonds is 3. The zero-order valence-electron chi connectivity index (χ0n) is 13.6. The Balaban J connectivity index is 1.46. The molecule has 1 saturated heterocycles. The summed E-state index contributed by atoms with van der Waals surface area (Å²) in [5.41, 5.74) is 2.49. The highest BCUT2D eigenvalue weighted by molar-refractivity contribution is 5.94. The van der Waals surface area contributed by atoms with Crippen molar-refractivity contribution in [2.24, 2.45) is 0 Å². The van der Waals surface area contributed by atoms with Crippen molar-refractivity contribution in [2.75, 3.05) is 18.4 Å². The van der Waals surface area contributed by atoms with Crippen LogP contribution in [0.15, 0.2) is 47.3 Å². The number of hydrogen-bond donors (Lipinski definition) is 2. The minimum Gasteiger partial charge on any atom is -0.472 e. The van der Waals surface area contributed by atoms with E-state index in [0.29, 0.717) is 18.7 Å². The van der Waals surface area contributed by atoms with E-state index in [1.165, 1.54) is 12.5 Å². The highest BCUT2D eigenvalue weighted by Crippen LogP contribution is 2.15. The minimum atomic E-state index is -0.210. The number of piperidine rings is 1. The van der Waals surface area contributed by atoms with Crippen molar-refractivity contribution in [1.29, 1.82) is 0 Å². The average molecular weight is 327 g/mol. The van der Waals surface area contributed by atoms with Crippen molar-refractivity contribution < 1.29 is 14.0 Å². The summed E-state index contributed by atoms with van der Waals surface area (Å²) in [5.74, 6) is -0.0219. The number of furan rings is 1. The van der Waals surface area contributed by atoms with Gasteiger partial charge in [0.15, 0.2) is 0 Å². The number of carbonyl (C=O) groups is 2. The van der Waals surface area contributed by atoms with Gasteiger partial charge in [0.1, 0.15) is 6.26 Å². The number of likely N-dealkylation sites (tertiary alicyclic amines) is 1. The van der Waals surface area contributed by atoms with Crippen molar-refractivity contribution in [3.8, 4) is 0 Å². The van der Waals surface area contributed by atoms with Crippen LogP contribution >= 0.6 is 0 Å². The molecule has 1 aliphatic rings.